The Labute approximate surface area is 142 Å². The summed E-state index contributed by atoms with van der Waals surface area (Å²) in [6.07, 6.45) is 0.246. The van der Waals surface area contributed by atoms with Gasteiger partial charge in [-0.1, -0.05) is 39.8 Å². The fourth-order valence-electron chi connectivity index (χ4n) is 2.03. The first-order valence-electron chi connectivity index (χ1n) is 7.93. The van der Waals surface area contributed by atoms with Crippen molar-refractivity contribution in [3.05, 3.63) is 35.4 Å². The number of rotatable bonds is 6. The van der Waals surface area contributed by atoms with Gasteiger partial charge in [-0.05, 0) is 36.5 Å². The number of carboxylic acids is 1. The van der Waals surface area contributed by atoms with Crippen LogP contribution < -0.4 is 10.6 Å². The summed E-state index contributed by atoms with van der Waals surface area (Å²) >= 11 is 0. The third-order valence-electron chi connectivity index (χ3n) is 4.02. The van der Waals surface area contributed by atoms with Gasteiger partial charge in [-0.15, -0.1) is 0 Å². The summed E-state index contributed by atoms with van der Waals surface area (Å²) in [5.41, 5.74) is 0.219. The van der Waals surface area contributed by atoms with Crippen LogP contribution in [0, 0.1) is 0 Å². The molecule has 1 aromatic carbocycles. The van der Waals surface area contributed by atoms with Crippen LogP contribution >= 0.6 is 0 Å². The molecule has 0 aliphatic rings. The number of hydrogen-bond donors (Lipinski definition) is 3. The zero-order valence-corrected chi connectivity index (χ0v) is 14.9. The highest BCUT2D eigenvalue weighted by atomic mass is 16.4. The topological polar surface area (TPSA) is 95.5 Å². The predicted molar refractivity (Wildman–Crippen MR) is 91.9 cm³/mol. The lowest BCUT2D eigenvalue weighted by Crippen LogP contribution is -2.54. The van der Waals surface area contributed by atoms with Gasteiger partial charge in [-0.25, -0.2) is 4.79 Å². The maximum Gasteiger partial charge on any atom is 0.329 e. The highest BCUT2D eigenvalue weighted by Gasteiger charge is 2.32. The Bertz CT molecular complexity index is 617. The lowest BCUT2D eigenvalue weighted by Gasteiger charge is -2.24. The molecule has 1 unspecified atom stereocenters. The van der Waals surface area contributed by atoms with Crippen LogP contribution in [0.2, 0.25) is 0 Å². The van der Waals surface area contributed by atoms with Crippen molar-refractivity contribution in [2.45, 2.75) is 52.0 Å². The largest absolute Gasteiger partial charge is 0.480 e. The Morgan fingerprint density at radius 1 is 1.04 bits per heavy atom. The van der Waals surface area contributed by atoms with Crippen LogP contribution in [0.1, 0.15) is 57.0 Å². The minimum absolute atomic E-state index is 0.00364. The van der Waals surface area contributed by atoms with Gasteiger partial charge in [-0.3, -0.25) is 9.59 Å². The van der Waals surface area contributed by atoms with E-state index in [1.807, 2.05) is 12.1 Å². The molecule has 0 radical (unpaired) electrons. The summed E-state index contributed by atoms with van der Waals surface area (Å²) in [4.78, 5) is 35.1. The second-order valence-corrected chi connectivity index (χ2v) is 7.05. The molecule has 1 aromatic rings. The molecule has 0 heterocycles. The molecule has 0 bridgehead atoms. The van der Waals surface area contributed by atoms with Crippen LogP contribution in [0.3, 0.4) is 0 Å². The molecule has 0 saturated carbocycles. The van der Waals surface area contributed by atoms with Crippen LogP contribution in [-0.4, -0.2) is 35.0 Å². The predicted octanol–water partition coefficient (Wildman–Crippen LogP) is 2.08. The molecule has 3 N–H and O–H groups in total. The Balaban J connectivity index is 2.63. The number of carboxylic acid groups (broad SMARTS) is 1. The van der Waals surface area contributed by atoms with Crippen molar-refractivity contribution in [2.24, 2.45) is 0 Å². The Hall–Kier alpha value is -2.37. The van der Waals surface area contributed by atoms with Gasteiger partial charge in [0.25, 0.3) is 5.91 Å². The fourth-order valence-corrected chi connectivity index (χ4v) is 2.03. The molecule has 132 valence electrons. The monoisotopic (exact) mass is 334 g/mol. The molecule has 0 aromatic heterocycles. The van der Waals surface area contributed by atoms with Crippen LogP contribution in [0.15, 0.2) is 24.3 Å². The summed E-state index contributed by atoms with van der Waals surface area (Å²) in [5.74, 6) is -2.03. The van der Waals surface area contributed by atoms with E-state index in [2.05, 4.69) is 31.4 Å². The van der Waals surface area contributed by atoms with Crippen LogP contribution in [-0.2, 0) is 15.0 Å². The first-order chi connectivity index (χ1) is 11.0. The first-order valence-corrected chi connectivity index (χ1v) is 7.93. The summed E-state index contributed by atoms with van der Waals surface area (Å²) in [7, 11) is 0. The van der Waals surface area contributed by atoms with E-state index in [9.17, 15) is 14.4 Å². The number of hydrogen-bond acceptors (Lipinski definition) is 3. The molecule has 0 fully saturated rings. The third-order valence-corrected chi connectivity index (χ3v) is 4.02. The van der Waals surface area contributed by atoms with Gasteiger partial charge < -0.3 is 15.7 Å². The Morgan fingerprint density at radius 2 is 1.58 bits per heavy atom. The van der Waals surface area contributed by atoms with Crippen molar-refractivity contribution in [3.63, 3.8) is 0 Å². The van der Waals surface area contributed by atoms with Gasteiger partial charge >= 0.3 is 5.97 Å². The number of benzene rings is 1. The Morgan fingerprint density at radius 3 is 2.00 bits per heavy atom. The minimum atomic E-state index is -1.34. The van der Waals surface area contributed by atoms with E-state index < -0.39 is 17.4 Å². The smallest absolute Gasteiger partial charge is 0.329 e. The summed E-state index contributed by atoms with van der Waals surface area (Å²) < 4.78 is 0. The fraction of sp³-hybridized carbons (Fsp3) is 0.500. The minimum Gasteiger partial charge on any atom is -0.480 e. The maximum atomic E-state index is 12.1. The number of amides is 2. The van der Waals surface area contributed by atoms with E-state index >= 15 is 0 Å². The van der Waals surface area contributed by atoms with Gasteiger partial charge in [-0.2, -0.15) is 0 Å². The maximum absolute atomic E-state index is 12.1. The van der Waals surface area contributed by atoms with Gasteiger partial charge in [0.05, 0.1) is 6.54 Å². The standard InChI is InChI=1S/C18H26N2O4/c1-6-18(5,16(23)24)20-14(21)11-19-15(22)12-7-9-13(10-8-12)17(2,3)4/h7-10H,6,11H2,1-5H3,(H,19,22)(H,20,21)(H,23,24). The number of carbonyl (C=O) groups is 3. The number of nitrogens with one attached hydrogen (secondary N) is 2. The lowest BCUT2D eigenvalue weighted by molar-refractivity contribution is -0.146. The molecule has 0 saturated heterocycles. The van der Waals surface area contributed by atoms with Crippen molar-refractivity contribution in [1.29, 1.82) is 0 Å². The van der Waals surface area contributed by atoms with Crippen molar-refractivity contribution in [2.75, 3.05) is 6.54 Å². The van der Waals surface area contributed by atoms with E-state index in [1.165, 1.54) is 6.92 Å². The molecular weight excluding hydrogens is 308 g/mol. The highest BCUT2D eigenvalue weighted by molar-refractivity contribution is 5.97. The van der Waals surface area contributed by atoms with E-state index in [0.717, 1.165) is 5.56 Å². The van der Waals surface area contributed by atoms with Gasteiger partial charge in [0.1, 0.15) is 5.54 Å². The lowest BCUT2D eigenvalue weighted by atomic mass is 9.87. The zero-order chi connectivity index (χ0) is 18.5. The average molecular weight is 334 g/mol. The normalized spacial score (nSPS) is 13.7. The zero-order valence-electron chi connectivity index (χ0n) is 14.9. The Kier molecular flexibility index (Phi) is 6.12. The molecule has 0 spiro atoms. The van der Waals surface area contributed by atoms with E-state index in [-0.39, 0.29) is 24.3 Å². The second kappa shape index (κ2) is 7.47. The van der Waals surface area contributed by atoms with Gasteiger partial charge in [0, 0.05) is 5.56 Å². The summed E-state index contributed by atoms with van der Waals surface area (Å²) in [6.45, 7) is 9.07. The molecule has 1 atom stereocenters. The molecular formula is C18H26N2O4. The van der Waals surface area contributed by atoms with Gasteiger partial charge in [0.2, 0.25) is 5.91 Å². The van der Waals surface area contributed by atoms with Crippen molar-refractivity contribution >= 4 is 17.8 Å². The molecule has 2 amide bonds. The highest BCUT2D eigenvalue weighted by Crippen LogP contribution is 2.22. The molecule has 0 aliphatic heterocycles. The van der Waals surface area contributed by atoms with Crippen LogP contribution in [0.25, 0.3) is 0 Å². The quantitative estimate of drug-likeness (QED) is 0.742. The summed E-state index contributed by atoms with van der Waals surface area (Å²) in [6, 6.07) is 7.18. The van der Waals surface area contributed by atoms with E-state index in [0.29, 0.717) is 5.56 Å². The SMILES string of the molecule is CCC(C)(NC(=O)CNC(=O)c1ccc(C(C)(C)C)cc1)C(=O)O. The number of carbonyl (C=O) groups excluding carboxylic acids is 2. The molecule has 6 nitrogen and oxygen atoms in total. The summed E-state index contributed by atoms with van der Waals surface area (Å²) in [5, 5.41) is 14.1. The third kappa shape index (κ3) is 5.08. The van der Waals surface area contributed by atoms with Crippen molar-refractivity contribution < 1.29 is 19.5 Å². The van der Waals surface area contributed by atoms with Gasteiger partial charge in [0.15, 0.2) is 0 Å². The molecule has 6 heteroatoms. The molecule has 1 rings (SSSR count). The van der Waals surface area contributed by atoms with E-state index in [1.54, 1.807) is 19.1 Å². The van der Waals surface area contributed by atoms with Crippen LogP contribution in [0.5, 0.6) is 0 Å². The number of aliphatic carboxylic acids is 1. The average Bonchev–Trinajstić information content (AvgIpc) is 2.51. The van der Waals surface area contributed by atoms with E-state index in [4.69, 9.17) is 5.11 Å². The van der Waals surface area contributed by atoms with Crippen molar-refractivity contribution in [1.82, 2.24) is 10.6 Å². The van der Waals surface area contributed by atoms with Crippen LogP contribution in [0.4, 0.5) is 0 Å². The first kappa shape index (κ1) is 19.7. The molecule has 24 heavy (non-hydrogen) atoms. The second-order valence-electron chi connectivity index (χ2n) is 7.05. The molecule has 0 aliphatic carbocycles. The van der Waals surface area contributed by atoms with Crippen molar-refractivity contribution in [3.8, 4) is 0 Å².